The number of nitrogens with one attached hydrogen (secondary N) is 2. The van der Waals surface area contributed by atoms with Crippen LogP contribution >= 0.6 is 0 Å². The third-order valence-corrected chi connectivity index (χ3v) is 7.55. The quantitative estimate of drug-likeness (QED) is 0.250. The Morgan fingerprint density at radius 3 is 2.22 bits per heavy atom. The van der Waals surface area contributed by atoms with E-state index in [0.717, 1.165) is 30.8 Å². The summed E-state index contributed by atoms with van der Waals surface area (Å²) in [7, 11) is 0. The molecule has 0 spiro atoms. The van der Waals surface area contributed by atoms with E-state index in [1.165, 1.54) is 47.7 Å². The van der Waals surface area contributed by atoms with Gasteiger partial charge in [0, 0.05) is 19.3 Å². The summed E-state index contributed by atoms with van der Waals surface area (Å²) >= 11 is 0. The van der Waals surface area contributed by atoms with Crippen molar-refractivity contribution < 1.29 is 41.8 Å². The SMILES string of the molecule is CC(C)(C)OC(=O)NC(C)(C)C(=O)N=C(COCc1ccccc1)C(=O)Nc1cn(C(C(=O)N2CCCC2)c2ccccc2C(F)(F)F)cn1. The summed E-state index contributed by atoms with van der Waals surface area (Å²) in [6.45, 7) is 8.21. The fraction of sp³-hybridized carbons (Fsp3) is 0.429. The highest BCUT2D eigenvalue weighted by molar-refractivity contribution is 6.45. The van der Waals surface area contributed by atoms with Gasteiger partial charge in [0.05, 0.1) is 25.1 Å². The van der Waals surface area contributed by atoms with Gasteiger partial charge in [0.15, 0.2) is 5.82 Å². The van der Waals surface area contributed by atoms with Crippen LogP contribution in [0.4, 0.5) is 23.8 Å². The molecule has 4 amide bonds. The van der Waals surface area contributed by atoms with Crippen molar-refractivity contribution in [2.45, 2.75) is 77.4 Å². The van der Waals surface area contributed by atoms with Crippen LogP contribution in [-0.2, 0) is 36.6 Å². The Balaban J connectivity index is 1.61. The van der Waals surface area contributed by atoms with Gasteiger partial charge >= 0.3 is 12.3 Å². The van der Waals surface area contributed by atoms with Crippen LogP contribution in [0.1, 0.15) is 70.2 Å². The molecule has 1 unspecified atom stereocenters. The molecule has 15 heteroatoms. The third-order valence-electron chi connectivity index (χ3n) is 7.55. The van der Waals surface area contributed by atoms with Crippen molar-refractivity contribution in [2.24, 2.45) is 4.99 Å². The number of alkyl halides is 3. The van der Waals surface area contributed by atoms with Crippen LogP contribution in [-0.4, -0.2) is 74.8 Å². The van der Waals surface area contributed by atoms with Gasteiger partial charge in [0.1, 0.15) is 22.9 Å². The second kappa shape index (κ2) is 15.7. The molecule has 1 atom stereocenters. The first-order chi connectivity index (χ1) is 23.4. The Kier molecular flexibility index (Phi) is 11.8. The van der Waals surface area contributed by atoms with Crippen LogP contribution in [0.2, 0.25) is 0 Å². The minimum atomic E-state index is -4.73. The molecule has 1 saturated heterocycles. The van der Waals surface area contributed by atoms with E-state index < -0.39 is 59.3 Å². The van der Waals surface area contributed by atoms with Gasteiger partial charge in [0.2, 0.25) is 5.91 Å². The average Bonchev–Trinajstić information content (AvgIpc) is 3.73. The van der Waals surface area contributed by atoms with Gasteiger partial charge in [-0.2, -0.15) is 13.2 Å². The van der Waals surface area contributed by atoms with Crippen molar-refractivity contribution >= 4 is 35.3 Å². The Morgan fingerprint density at radius 2 is 1.58 bits per heavy atom. The van der Waals surface area contributed by atoms with E-state index in [1.54, 1.807) is 45.0 Å². The standard InChI is InChI=1S/C35H41F3N6O6/c1-33(2,3)50-32(48)42-34(4,5)31(47)40-26(21-49-20-23-13-7-6-8-14-23)29(45)41-27-19-44(22-39-27)28(30(46)43-17-11-12-18-43)24-15-9-10-16-25(24)35(36,37)38/h6-10,13-16,19,22,28H,11-12,17-18,20-21H2,1-5H3,(H,41,45)(H,42,48). The lowest BCUT2D eigenvalue weighted by molar-refractivity contribution is -0.139. The number of ether oxygens (including phenoxy) is 2. The van der Waals surface area contributed by atoms with E-state index in [9.17, 15) is 32.3 Å². The lowest BCUT2D eigenvalue weighted by atomic mass is 9.98. The number of benzene rings is 2. The van der Waals surface area contributed by atoms with E-state index in [-0.39, 0.29) is 23.7 Å². The molecule has 268 valence electrons. The molecule has 1 aliphatic heterocycles. The number of likely N-dealkylation sites (tertiary alicyclic amines) is 1. The number of nitrogens with zero attached hydrogens (tertiary/aromatic N) is 4. The normalized spacial score (nSPS) is 14.6. The summed E-state index contributed by atoms with van der Waals surface area (Å²) in [6.07, 6.45) is -1.76. The number of carbonyl (C=O) groups excluding carboxylic acids is 4. The highest BCUT2D eigenvalue weighted by atomic mass is 19.4. The van der Waals surface area contributed by atoms with E-state index in [4.69, 9.17) is 9.47 Å². The van der Waals surface area contributed by atoms with Gasteiger partial charge in [-0.3, -0.25) is 14.4 Å². The molecule has 1 fully saturated rings. The van der Waals surface area contributed by atoms with Crippen LogP contribution in [0.5, 0.6) is 0 Å². The Labute approximate surface area is 288 Å². The minimum Gasteiger partial charge on any atom is -0.444 e. The number of hydrogen-bond donors (Lipinski definition) is 2. The lowest BCUT2D eigenvalue weighted by Gasteiger charge is -2.26. The molecule has 3 aromatic rings. The number of aliphatic imine (C=N–C) groups is 1. The molecule has 0 bridgehead atoms. The van der Waals surface area contributed by atoms with E-state index in [2.05, 4.69) is 20.6 Å². The van der Waals surface area contributed by atoms with Crippen LogP contribution in [0.3, 0.4) is 0 Å². The molecule has 0 aliphatic carbocycles. The second-order valence-electron chi connectivity index (χ2n) is 13.3. The highest BCUT2D eigenvalue weighted by Crippen LogP contribution is 2.37. The van der Waals surface area contributed by atoms with Crippen LogP contribution < -0.4 is 10.6 Å². The van der Waals surface area contributed by atoms with Gasteiger partial charge < -0.3 is 29.6 Å². The van der Waals surface area contributed by atoms with E-state index in [1.807, 2.05) is 6.07 Å². The fourth-order valence-electron chi connectivity index (χ4n) is 5.12. The molecule has 12 nitrogen and oxygen atoms in total. The number of anilines is 1. The Bertz CT molecular complexity index is 1710. The van der Waals surface area contributed by atoms with Crippen molar-refractivity contribution in [3.63, 3.8) is 0 Å². The molecule has 1 aliphatic rings. The van der Waals surface area contributed by atoms with Gasteiger partial charge in [0.25, 0.3) is 11.8 Å². The van der Waals surface area contributed by atoms with Crippen molar-refractivity contribution in [1.82, 2.24) is 19.8 Å². The van der Waals surface area contributed by atoms with Crippen molar-refractivity contribution in [3.05, 3.63) is 83.8 Å². The smallest absolute Gasteiger partial charge is 0.416 e. The Morgan fingerprint density at radius 1 is 0.940 bits per heavy atom. The van der Waals surface area contributed by atoms with Crippen LogP contribution in [0.15, 0.2) is 72.1 Å². The maximum atomic E-state index is 14.1. The largest absolute Gasteiger partial charge is 0.444 e. The van der Waals surface area contributed by atoms with E-state index >= 15 is 0 Å². The van der Waals surface area contributed by atoms with Crippen molar-refractivity contribution in [3.8, 4) is 0 Å². The van der Waals surface area contributed by atoms with Crippen molar-refractivity contribution in [1.29, 1.82) is 0 Å². The minimum absolute atomic E-state index is 0.0778. The number of aromatic nitrogens is 2. The predicted molar refractivity (Wildman–Crippen MR) is 178 cm³/mol. The van der Waals surface area contributed by atoms with E-state index in [0.29, 0.717) is 13.1 Å². The summed E-state index contributed by atoms with van der Waals surface area (Å²) in [5.74, 6) is -2.45. The number of halogens is 3. The third kappa shape index (κ3) is 10.2. The zero-order chi connectivity index (χ0) is 36.7. The van der Waals surface area contributed by atoms with Gasteiger partial charge in [-0.1, -0.05) is 48.5 Å². The lowest BCUT2D eigenvalue weighted by Crippen LogP contribution is -2.51. The fourth-order valence-corrected chi connectivity index (χ4v) is 5.12. The van der Waals surface area contributed by atoms with Crippen molar-refractivity contribution in [2.75, 3.05) is 25.0 Å². The number of imidazole rings is 1. The van der Waals surface area contributed by atoms with Gasteiger partial charge in [-0.15, -0.1) is 0 Å². The van der Waals surface area contributed by atoms with Crippen LogP contribution in [0.25, 0.3) is 0 Å². The second-order valence-corrected chi connectivity index (χ2v) is 13.3. The molecule has 50 heavy (non-hydrogen) atoms. The summed E-state index contributed by atoms with van der Waals surface area (Å²) in [6, 6.07) is 12.4. The van der Waals surface area contributed by atoms with Gasteiger partial charge in [-0.25, -0.2) is 14.8 Å². The monoisotopic (exact) mass is 698 g/mol. The molecule has 2 N–H and O–H groups in total. The summed E-state index contributed by atoms with van der Waals surface area (Å²) < 4.78 is 54.4. The summed E-state index contributed by atoms with van der Waals surface area (Å²) in [5, 5.41) is 4.95. The number of alkyl carbamates (subject to hydrolysis) is 1. The number of carbonyl (C=O) groups is 4. The molecule has 0 radical (unpaired) electrons. The zero-order valence-corrected chi connectivity index (χ0v) is 28.5. The number of amides is 4. The Hall–Kier alpha value is -5.05. The highest BCUT2D eigenvalue weighted by Gasteiger charge is 2.39. The zero-order valence-electron chi connectivity index (χ0n) is 28.5. The maximum Gasteiger partial charge on any atom is 0.416 e. The first-order valence-corrected chi connectivity index (χ1v) is 16.0. The molecule has 2 heterocycles. The summed E-state index contributed by atoms with van der Waals surface area (Å²) in [4.78, 5) is 62.5. The maximum absolute atomic E-state index is 14.1. The predicted octanol–water partition coefficient (Wildman–Crippen LogP) is 5.54. The number of rotatable bonds is 11. The molecular weight excluding hydrogens is 657 g/mol. The van der Waals surface area contributed by atoms with Crippen LogP contribution in [0, 0.1) is 0 Å². The molecule has 0 saturated carbocycles. The topological polar surface area (TPSA) is 144 Å². The molecule has 4 rings (SSSR count). The molecular formula is C35H41F3N6O6. The average molecular weight is 699 g/mol. The first kappa shape index (κ1) is 37.8. The first-order valence-electron chi connectivity index (χ1n) is 16.0. The summed E-state index contributed by atoms with van der Waals surface area (Å²) in [5.41, 5.74) is -3.25. The number of hydrogen-bond acceptors (Lipinski definition) is 7. The molecule has 1 aromatic heterocycles. The van der Waals surface area contributed by atoms with Gasteiger partial charge in [-0.05, 0) is 64.7 Å². The molecule has 2 aromatic carbocycles.